The molecule has 0 aliphatic heterocycles. The number of nitrogens with zero attached hydrogens (tertiary/aromatic N) is 4. The highest BCUT2D eigenvalue weighted by atomic mass is 14.8. The van der Waals surface area contributed by atoms with Crippen LogP contribution in [0.25, 0.3) is 89.3 Å². The molecule has 254 valence electrons. The van der Waals surface area contributed by atoms with Gasteiger partial charge in [0.05, 0.1) is 23.8 Å². The van der Waals surface area contributed by atoms with Crippen molar-refractivity contribution in [3.63, 3.8) is 0 Å². The van der Waals surface area contributed by atoms with Crippen LogP contribution in [-0.2, 0) is 0 Å². The minimum atomic E-state index is 0.845. The molecule has 2 aromatic heterocycles. The van der Waals surface area contributed by atoms with Gasteiger partial charge in [-0.15, -0.1) is 0 Å². The number of aromatic nitrogens is 4. The molecule has 4 heteroatoms. The highest BCUT2D eigenvalue weighted by Crippen LogP contribution is 2.44. The summed E-state index contributed by atoms with van der Waals surface area (Å²) >= 11 is 0. The van der Waals surface area contributed by atoms with Crippen molar-refractivity contribution >= 4 is 0 Å². The standard InChI is InChI=1S/C50H34N4/c1-3-9-35(10-4-1)41-13-7-15-43(29-41)47-32-48(44-16-8-14-42(30-44)36-11-5-2-6-12-36)46(38-19-23-40(24-20-38)50-34-52-26-28-54-50)31-45(47)37-17-21-39(22-18-37)49-33-51-25-27-53-49/h1-34H. The van der Waals surface area contributed by atoms with E-state index in [1.807, 2.05) is 0 Å². The predicted octanol–water partition coefficient (Wildman–Crippen LogP) is 12.6. The number of rotatable bonds is 8. The van der Waals surface area contributed by atoms with Crippen molar-refractivity contribution in [2.24, 2.45) is 0 Å². The zero-order chi connectivity index (χ0) is 36.1. The Bertz CT molecular complexity index is 2470. The van der Waals surface area contributed by atoms with Gasteiger partial charge in [-0.05, 0) is 91.0 Å². The van der Waals surface area contributed by atoms with Crippen LogP contribution in [0.4, 0.5) is 0 Å². The van der Waals surface area contributed by atoms with Gasteiger partial charge in [0.2, 0.25) is 0 Å². The van der Waals surface area contributed by atoms with Crippen LogP contribution in [0.1, 0.15) is 0 Å². The van der Waals surface area contributed by atoms with E-state index in [0.29, 0.717) is 0 Å². The van der Waals surface area contributed by atoms with Crippen LogP contribution < -0.4 is 0 Å². The van der Waals surface area contributed by atoms with Gasteiger partial charge >= 0.3 is 0 Å². The maximum absolute atomic E-state index is 4.54. The normalized spacial score (nSPS) is 11.0. The third kappa shape index (κ3) is 6.72. The Morgan fingerprint density at radius 3 is 0.981 bits per heavy atom. The van der Waals surface area contributed by atoms with Crippen molar-refractivity contribution in [2.75, 3.05) is 0 Å². The summed E-state index contributed by atoms with van der Waals surface area (Å²) in [6, 6.07) is 61.0. The van der Waals surface area contributed by atoms with Gasteiger partial charge in [-0.25, -0.2) is 0 Å². The first-order valence-electron chi connectivity index (χ1n) is 18.0. The SMILES string of the molecule is c1ccc(-c2cccc(-c3cc(-c4cccc(-c5ccccc5)c4)c(-c4ccc(-c5cnccn5)cc4)cc3-c3ccc(-c4cnccn4)cc3)c2)cc1. The molecule has 0 spiro atoms. The fourth-order valence-electron chi connectivity index (χ4n) is 7.09. The molecule has 0 fully saturated rings. The molecule has 4 nitrogen and oxygen atoms in total. The first-order valence-corrected chi connectivity index (χ1v) is 18.0. The summed E-state index contributed by atoms with van der Waals surface area (Å²) in [6.45, 7) is 0. The summed E-state index contributed by atoms with van der Waals surface area (Å²) in [5.74, 6) is 0. The summed E-state index contributed by atoms with van der Waals surface area (Å²) in [7, 11) is 0. The Morgan fingerprint density at radius 2 is 0.593 bits per heavy atom. The van der Waals surface area contributed by atoms with Crippen LogP contribution in [-0.4, -0.2) is 19.9 Å². The van der Waals surface area contributed by atoms with Gasteiger partial charge in [-0.3, -0.25) is 19.9 Å². The molecule has 0 saturated heterocycles. The van der Waals surface area contributed by atoms with Crippen molar-refractivity contribution in [2.45, 2.75) is 0 Å². The summed E-state index contributed by atoms with van der Waals surface area (Å²) in [5.41, 5.74) is 17.6. The number of hydrogen-bond acceptors (Lipinski definition) is 4. The lowest BCUT2D eigenvalue weighted by molar-refractivity contribution is 1.21. The number of benzene rings is 7. The molecule has 0 aliphatic rings. The van der Waals surface area contributed by atoms with Gasteiger partial charge in [0, 0.05) is 35.9 Å². The molecular formula is C50H34N4. The molecule has 0 bridgehead atoms. The Morgan fingerprint density at radius 1 is 0.241 bits per heavy atom. The fraction of sp³-hybridized carbons (Fsp3) is 0. The molecular weight excluding hydrogens is 657 g/mol. The average Bonchev–Trinajstić information content (AvgIpc) is 3.27. The zero-order valence-corrected chi connectivity index (χ0v) is 29.4. The molecule has 9 rings (SSSR count). The minimum absolute atomic E-state index is 0.845. The van der Waals surface area contributed by atoms with Gasteiger partial charge in [0.25, 0.3) is 0 Å². The molecule has 0 N–H and O–H groups in total. The maximum Gasteiger partial charge on any atom is 0.0885 e. The quantitative estimate of drug-likeness (QED) is 0.159. The van der Waals surface area contributed by atoms with Crippen molar-refractivity contribution < 1.29 is 0 Å². The van der Waals surface area contributed by atoms with E-state index >= 15 is 0 Å². The van der Waals surface area contributed by atoms with Gasteiger partial charge in [0.1, 0.15) is 0 Å². The first-order chi connectivity index (χ1) is 26.8. The van der Waals surface area contributed by atoms with Gasteiger partial charge < -0.3 is 0 Å². The molecule has 0 aliphatic carbocycles. The van der Waals surface area contributed by atoms with Crippen LogP contribution in [0, 0.1) is 0 Å². The van der Waals surface area contributed by atoms with Gasteiger partial charge in [-0.2, -0.15) is 0 Å². The molecule has 0 amide bonds. The van der Waals surface area contributed by atoms with E-state index in [0.717, 1.165) is 67.0 Å². The maximum atomic E-state index is 4.54. The average molecular weight is 691 g/mol. The zero-order valence-electron chi connectivity index (χ0n) is 29.4. The van der Waals surface area contributed by atoms with E-state index in [2.05, 4.69) is 190 Å². The first kappa shape index (κ1) is 32.6. The Labute approximate surface area is 315 Å². The molecule has 0 unspecified atom stereocenters. The second-order valence-corrected chi connectivity index (χ2v) is 13.2. The molecule has 0 atom stereocenters. The highest BCUT2D eigenvalue weighted by Gasteiger charge is 2.18. The Hall–Kier alpha value is -7.30. The summed E-state index contributed by atoms with van der Waals surface area (Å²) in [6.07, 6.45) is 10.5. The third-order valence-corrected chi connectivity index (χ3v) is 9.83. The number of hydrogen-bond donors (Lipinski definition) is 0. The van der Waals surface area contributed by atoms with E-state index in [1.165, 1.54) is 22.3 Å². The molecule has 9 aromatic rings. The molecule has 2 heterocycles. The highest BCUT2D eigenvalue weighted by molar-refractivity contribution is 5.96. The van der Waals surface area contributed by atoms with E-state index in [1.54, 1.807) is 37.2 Å². The summed E-state index contributed by atoms with van der Waals surface area (Å²) in [5, 5.41) is 0. The van der Waals surface area contributed by atoms with Crippen molar-refractivity contribution in [1.29, 1.82) is 0 Å². The smallest absolute Gasteiger partial charge is 0.0885 e. The topological polar surface area (TPSA) is 51.6 Å². The minimum Gasteiger partial charge on any atom is -0.261 e. The van der Waals surface area contributed by atoms with Crippen molar-refractivity contribution in [3.05, 3.63) is 207 Å². The lowest BCUT2D eigenvalue weighted by Gasteiger charge is -2.19. The monoisotopic (exact) mass is 690 g/mol. The lowest BCUT2D eigenvalue weighted by atomic mass is 9.84. The lowest BCUT2D eigenvalue weighted by Crippen LogP contribution is -1.94. The second kappa shape index (κ2) is 14.7. The van der Waals surface area contributed by atoms with Gasteiger partial charge in [0.15, 0.2) is 0 Å². The molecule has 0 radical (unpaired) electrons. The second-order valence-electron chi connectivity index (χ2n) is 13.2. The van der Waals surface area contributed by atoms with Crippen LogP contribution in [0.2, 0.25) is 0 Å². The van der Waals surface area contributed by atoms with Crippen LogP contribution >= 0.6 is 0 Å². The van der Waals surface area contributed by atoms with E-state index in [-0.39, 0.29) is 0 Å². The summed E-state index contributed by atoms with van der Waals surface area (Å²) < 4.78 is 0. The Balaban J connectivity index is 1.27. The van der Waals surface area contributed by atoms with E-state index < -0.39 is 0 Å². The molecule has 7 aromatic carbocycles. The third-order valence-electron chi connectivity index (χ3n) is 9.83. The molecule has 54 heavy (non-hydrogen) atoms. The van der Waals surface area contributed by atoms with Crippen molar-refractivity contribution in [3.8, 4) is 89.3 Å². The Kier molecular flexibility index (Phi) is 8.90. The van der Waals surface area contributed by atoms with Gasteiger partial charge in [-0.1, -0.05) is 146 Å². The van der Waals surface area contributed by atoms with Crippen LogP contribution in [0.3, 0.4) is 0 Å². The largest absolute Gasteiger partial charge is 0.261 e. The van der Waals surface area contributed by atoms with Crippen LogP contribution in [0.15, 0.2) is 207 Å². The predicted molar refractivity (Wildman–Crippen MR) is 221 cm³/mol. The summed E-state index contributed by atoms with van der Waals surface area (Å²) in [4.78, 5) is 17.7. The van der Waals surface area contributed by atoms with E-state index in [4.69, 9.17) is 0 Å². The van der Waals surface area contributed by atoms with E-state index in [9.17, 15) is 0 Å². The molecule has 0 saturated carbocycles. The van der Waals surface area contributed by atoms with Crippen molar-refractivity contribution in [1.82, 2.24) is 19.9 Å². The van der Waals surface area contributed by atoms with Crippen LogP contribution in [0.5, 0.6) is 0 Å². The fourth-order valence-corrected chi connectivity index (χ4v) is 7.09.